The van der Waals surface area contributed by atoms with Gasteiger partial charge in [0.2, 0.25) is 0 Å². The van der Waals surface area contributed by atoms with Crippen LogP contribution in [0.15, 0.2) is 26.6 Å². The van der Waals surface area contributed by atoms with Gasteiger partial charge in [-0.05, 0) is 0 Å². The van der Waals surface area contributed by atoms with Crippen LogP contribution in [0, 0.1) is 0 Å². The van der Waals surface area contributed by atoms with Crippen LogP contribution >= 0.6 is 22.7 Å². The first kappa shape index (κ1) is 24.1. The van der Waals surface area contributed by atoms with Crippen molar-refractivity contribution in [1.82, 2.24) is 0 Å². The minimum absolute atomic E-state index is 0.263. The van der Waals surface area contributed by atoms with Crippen LogP contribution in [0.25, 0.3) is 14.3 Å². The fourth-order valence-corrected chi connectivity index (χ4v) is 14.6. The van der Waals surface area contributed by atoms with E-state index in [1.54, 1.807) is 22.7 Å². The van der Waals surface area contributed by atoms with Crippen molar-refractivity contribution in [3.05, 3.63) is 30.3 Å². The Hall–Kier alpha value is 0.00922. The van der Waals surface area contributed by atoms with E-state index in [0.717, 1.165) is 11.2 Å². The van der Waals surface area contributed by atoms with E-state index in [2.05, 4.69) is 38.4 Å². The van der Waals surface area contributed by atoms with E-state index in [9.17, 15) is 16.8 Å². The second-order valence-corrected chi connectivity index (χ2v) is 19.3. The summed E-state index contributed by atoms with van der Waals surface area (Å²) in [5, 5.41) is 4.11. The van der Waals surface area contributed by atoms with Crippen molar-refractivity contribution in [2.45, 2.75) is 19.4 Å². The topological polar surface area (TPSA) is 116 Å². The van der Waals surface area contributed by atoms with Crippen molar-refractivity contribution in [2.75, 3.05) is 23.0 Å². The molecule has 0 unspecified atom stereocenters. The molecule has 168 valence electrons. The van der Waals surface area contributed by atoms with E-state index < -0.39 is 61.6 Å². The van der Waals surface area contributed by atoms with Crippen LogP contribution in [0.3, 0.4) is 0 Å². The quantitative estimate of drug-likeness (QED) is 0.192. The molecule has 0 saturated heterocycles. The molecule has 3 aromatic rings. The van der Waals surface area contributed by atoms with E-state index in [1.807, 2.05) is 0 Å². The molecule has 0 spiro atoms. The summed E-state index contributed by atoms with van der Waals surface area (Å²) in [4.78, 5) is 2.18. The molecule has 0 radical (unpaired) electrons. The number of aryl methyl sites for hydroxylation is 1. The third-order valence-electron chi connectivity index (χ3n) is 4.54. The first-order valence-corrected chi connectivity index (χ1v) is 18.8. The number of rotatable bonds is 9. The van der Waals surface area contributed by atoms with Gasteiger partial charge in [-0.3, -0.25) is 0 Å². The van der Waals surface area contributed by atoms with Crippen molar-refractivity contribution >= 4 is 107 Å². The molecule has 8 nitrogen and oxygen atoms in total. The maximum absolute atomic E-state index is 11.1. The fourth-order valence-electron chi connectivity index (χ4n) is 3.26. The van der Waals surface area contributed by atoms with Crippen molar-refractivity contribution in [3.63, 3.8) is 0 Å². The Morgan fingerprint density at radius 2 is 1.74 bits per heavy atom. The van der Waals surface area contributed by atoms with Crippen LogP contribution in [-0.4, -0.2) is 85.3 Å². The molecule has 4 heterocycles. The van der Waals surface area contributed by atoms with Crippen LogP contribution in [0.2, 0.25) is 0 Å². The van der Waals surface area contributed by atoms with Gasteiger partial charge in [0.05, 0.1) is 0 Å². The molecule has 0 atom stereocenters. The molecule has 0 bridgehead atoms. The monoisotopic (exact) mass is 735 g/mol. The zero-order valence-electron chi connectivity index (χ0n) is 16.0. The molecule has 0 amide bonds. The van der Waals surface area contributed by atoms with Crippen LogP contribution in [0.5, 0.6) is 0 Å². The summed E-state index contributed by atoms with van der Waals surface area (Å²) < 4.78 is 70.0. The zero-order valence-corrected chi connectivity index (χ0v) is 23.9. The molecular formula is C17H19N2O6S4Te2+. The van der Waals surface area contributed by atoms with Gasteiger partial charge >= 0.3 is 210 Å². The van der Waals surface area contributed by atoms with E-state index in [1.165, 1.54) is 13.1 Å². The summed E-state index contributed by atoms with van der Waals surface area (Å²) in [6, 6.07) is 4.13. The first-order chi connectivity index (χ1) is 14.6. The average molecular weight is 731 g/mol. The first-order valence-electron chi connectivity index (χ1n) is 9.15. The SMILES string of the molecule is O=S(=O)(O)CCCN1C(=Cc2[te]c3sccc3[n+]2CCCS(=O)(=O)O)[Te]c2sccc21. The Bertz CT molecular complexity index is 1340. The molecule has 0 fully saturated rings. The van der Waals surface area contributed by atoms with Crippen LogP contribution in [0.4, 0.5) is 5.69 Å². The zero-order chi connectivity index (χ0) is 22.2. The maximum atomic E-state index is 11.1. The van der Waals surface area contributed by atoms with E-state index >= 15 is 0 Å². The Morgan fingerprint density at radius 1 is 1.03 bits per heavy atom. The number of fused-ring (bicyclic) bond motifs is 2. The van der Waals surface area contributed by atoms with Gasteiger partial charge in [0.15, 0.2) is 0 Å². The van der Waals surface area contributed by atoms with Crippen LogP contribution < -0.4 is 12.4 Å². The number of thiophene rings is 2. The molecule has 0 aromatic carbocycles. The summed E-state index contributed by atoms with van der Waals surface area (Å²) >= 11 is 2.25. The molecular weight excluding hydrogens is 712 g/mol. The summed E-state index contributed by atoms with van der Waals surface area (Å²) in [5.74, 6) is -0.527. The minimum atomic E-state index is -3.99. The molecule has 1 aliphatic rings. The van der Waals surface area contributed by atoms with E-state index in [0.29, 0.717) is 25.9 Å². The molecule has 2 N–H and O–H groups in total. The molecule has 31 heavy (non-hydrogen) atoms. The fraction of sp³-hybridized carbons (Fsp3) is 0.353. The second-order valence-electron chi connectivity index (χ2n) is 6.79. The predicted octanol–water partition coefficient (Wildman–Crippen LogP) is 1.01. The number of aromatic nitrogens is 1. The summed E-state index contributed by atoms with van der Waals surface area (Å²) in [7, 11) is -7.98. The Balaban J connectivity index is 1.62. The molecule has 0 saturated carbocycles. The molecule has 3 aromatic heterocycles. The van der Waals surface area contributed by atoms with Gasteiger partial charge in [0, 0.05) is 0 Å². The van der Waals surface area contributed by atoms with Crippen LogP contribution in [0.1, 0.15) is 16.6 Å². The van der Waals surface area contributed by atoms with Gasteiger partial charge in [-0.25, -0.2) is 0 Å². The van der Waals surface area contributed by atoms with Gasteiger partial charge in [-0.1, -0.05) is 0 Å². The number of nitrogens with zero attached hydrogens (tertiary/aromatic N) is 2. The Labute approximate surface area is 208 Å². The average Bonchev–Trinajstić information content (AvgIpc) is 3.38. The van der Waals surface area contributed by atoms with E-state index in [-0.39, 0.29) is 11.5 Å². The van der Waals surface area contributed by atoms with Crippen molar-refractivity contribution < 1.29 is 30.5 Å². The van der Waals surface area contributed by atoms with Gasteiger partial charge in [-0.2, -0.15) is 0 Å². The van der Waals surface area contributed by atoms with Gasteiger partial charge in [0.25, 0.3) is 0 Å². The molecule has 14 heteroatoms. The summed E-state index contributed by atoms with van der Waals surface area (Å²) in [6.45, 7) is 1.05. The third kappa shape index (κ3) is 6.12. The Morgan fingerprint density at radius 3 is 2.48 bits per heavy atom. The van der Waals surface area contributed by atoms with Gasteiger partial charge in [-0.15, -0.1) is 0 Å². The third-order valence-corrected chi connectivity index (χ3v) is 15.7. The molecule has 0 aliphatic carbocycles. The summed E-state index contributed by atoms with van der Waals surface area (Å²) in [6.07, 6.45) is 2.91. The van der Waals surface area contributed by atoms with Gasteiger partial charge in [0.1, 0.15) is 0 Å². The summed E-state index contributed by atoms with van der Waals surface area (Å²) in [5.41, 5.74) is 2.28. The predicted molar refractivity (Wildman–Crippen MR) is 126 cm³/mol. The number of anilines is 1. The van der Waals surface area contributed by atoms with Crippen molar-refractivity contribution in [2.24, 2.45) is 0 Å². The number of hydrogen-bond donors (Lipinski definition) is 2. The Kier molecular flexibility index (Phi) is 7.56. The number of hydrogen-bond acceptors (Lipinski definition) is 7. The molecule has 4 rings (SSSR count). The molecule has 1 aliphatic heterocycles. The van der Waals surface area contributed by atoms with Crippen LogP contribution in [-0.2, 0) is 26.8 Å². The normalized spacial score (nSPS) is 15.9. The van der Waals surface area contributed by atoms with Gasteiger partial charge < -0.3 is 0 Å². The van der Waals surface area contributed by atoms with Crippen molar-refractivity contribution in [1.29, 1.82) is 0 Å². The standard InChI is InChI=1S/C17H18N2O6S4Te2/c20-28(21,22)9-1-5-18-12-3-7-26-16(12)30-14(18)11-15-19(6-2-10-29(23,24)25)13-4-8-27-17(13)31-15/h3-4,7-8,11H,1-2,5-6,9-10H2,(H-,20,21,22,23,24,25)/p+1. The second kappa shape index (κ2) is 9.71. The van der Waals surface area contributed by atoms with Crippen molar-refractivity contribution in [3.8, 4) is 0 Å². The van der Waals surface area contributed by atoms with E-state index in [4.69, 9.17) is 9.11 Å².